The molecule has 1 saturated heterocycles. The molecule has 0 spiro atoms. The van der Waals surface area contributed by atoms with Gasteiger partial charge in [0.2, 0.25) is 0 Å². The molecular weight excluding hydrogens is 274 g/mol. The zero-order valence-electron chi connectivity index (χ0n) is 14.0. The molecule has 3 nitrogen and oxygen atoms in total. The number of carbonyl (C=O) groups is 1. The summed E-state index contributed by atoms with van der Waals surface area (Å²) in [6.07, 6.45) is 3.85. The Kier molecular flexibility index (Phi) is 6.05. The molecule has 1 aliphatic heterocycles. The lowest BCUT2D eigenvalue weighted by Crippen LogP contribution is -2.25. The fourth-order valence-electron chi connectivity index (χ4n) is 3.19. The smallest absolute Gasteiger partial charge is 0.335 e. The Balaban J connectivity index is 2.30. The van der Waals surface area contributed by atoms with Crippen LogP contribution < -0.4 is 0 Å². The molecule has 0 unspecified atom stereocenters. The third-order valence-electron chi connectivity index (χ3n) is 4.28. The number of esters is 1. The maximum Gasteiger partial charge on any atom is 0.335 e. The molecular formula is C19H27NO2. The van der Waals surface area contributed by atoms with Crippen LogP contribution in [0.15, 0.2) is 41.6 Å². The summed E-state index contributed by atoms with van der Waals surface area (Å²) < 4.78 is 5.28. The normalized spacial score (nSPS) is 18.2. The summed E-state index contributed by atoms with van der Waals surface area (Å²) >= 11 is 0. The zero-order chi connectivity index (χ0) is 15.9. The highest BCUT2D eigenvalue weighted by Gasteiger charge is 2.28. The molecule has 120 valence electrons. The number of likely N-dealkylation sites (tertiary alicyclic amines) is 1. The van der Waals surface area contributed by atoms with E-state index in [1.165, 1.54) is 11.3 Å². The molecule has 3 heteroatoms. The Morgan fingerprint density at radius 1 is 1.27 bits per heavy atom. The van der Waals surface area contributed by atoms with Crippen molar-refractivity contribution in [2.75, 3.05) is 13.2 Å². The molecule has 0 N–H and O–H groups in total. The first kappa shape index (κ1) is 16.6. The number of carbonyl (C=O) groups excluding carboxylic acids is 1. The second kappa shape index (κ2) is 8.02. The van der Waals surface area contributed by atoms with Crippen molar-refractivity contribution in [2.24, 2.45) is 0 Å². The van der Waals surface area contributed by atoms with E-state index in [2.05, 4.69) is 43.0 Å². The third kappa shape index (κ3) is 3.70. The van der Waals surface area contributed by atoms with Crippen LogP contribution in [0.25, 0.3) is 0 Å². The summed E-state index contributed by atoms with van der Waals surface area (Å²) in [6.45, 7) is 7.64. The first-order chi connectivity index (χ1) is 10.7. The first-order valence-electron chi connectivity index (χ1n) is 8.39. The number of hydrogen-bond acceptors (Lipinski definition) is 3. The minimum atomic E-state index is -0.133. The molecule has 0 aliphatic carbocycles. The van der Waals surface area contributed by atoms with Crippen LogP contribution >= 0.6 is 0 Å². The topological polar surface area (TPSA) is 29.5 Å². The molecule has 0 amide bonds. The highest BCUT2D eigenvalue weighted by Crippen LogP contribution is 2.34. The summed E-state index contributed by atoms with van der Waals surface area (Å²) in [4.78, 5) is 14.7. The fourth-order valence-corrected chi connectivity index (χ4v) is 3.19. The quantitative estimate of drug-likeness (QED) is 0.574. The number of nitrogens with zero attached hydrogens (tertiary/aromatic N) is 1. The van der Waals surface area contributed by atoms with E-state index in [-0.39, 0.29) is 5.97 Å². The number of allylic oxidation sites excluding steroid dienone is 1. The van der Waals surface area contributed by atoms with Crippen LogP contribution in [0.4, 0.5) is 0 Å². The standard InChI is InChI=1S/C19H27NO2/c1-4-10-17(19(21)22-5-2)18-13-9-14-20(18)15(3)16-11-7-6-8-12-16/h6-8,11-12,15H,4-5,9-10,13-14H2,1-3H3/b18-17+/t15-/m1/s1. The lowest BCUT2D eigenvalue weighted by atomic mass is 10.0. The van der Waals surface area contributed by atoms with Gasteiger partial charge in [0.25, 0.3) is 0 Å². The van der Waals surface area contributed by atoms with Crippen molar-refractivity contribution in [3.05, 3.63) is 47.2 Å². The van der Waals surface area contributed by atoms with Crippen LogP contribution in [0, 0.1) is 0 Å². The van der Waals surface area contributed by atoms with Crippen LogP contribution in [0.3, 0.4) is 0 Å². The second-order valence-electron chi connectivity index (χ2n) is 5.78. The molecule has 0 radical (unpaired) electrons. The summed E-state index contributed by atoms with van der Waals surface area (Å²) in [5.74, 6) is -0.133. The number of ether oxygens (including phenoxy) is 1. The summed E-state index contributed by atoms with van der Waals surface area (Å²) in [7, 11) is 0. The lowest BCUT2D eigenvalue weighted by Gasteiger charge is -2.30. The minimum absolute atomic E-state index is 0.133. The molecule has 22 heavy (non-hydrogen) atoms. The monoisotopic (exact) mass is 301 g/mol. The molecule has 1 aliphatic rings. The number of benzene rings is 1. The molecule has 0 aromatic heterocycles. The van der Waals surface area contributed by atoms with Crippen LogP contribution in [0.5, 0.6) is 0 Å². The molecule has 1 heterocycles. The Bertz CT molecular complexity index is 521. The van der Waals surface area contributed by atoms with Crippen LogP contribution in [0.2, 0.25) is 0 Å². The van der Waals surface area contributed by atoms with Gasteiger partial charge in [0, 0.05) is 12.2 Å². The zero-order valence-corrected chi connectivity index (χ0v) is 14.0. The van der Waals surface area contributed by atoms with Gasteiger partial charge in [-0.3, -0.25) is 0 Å². The van der Waals surface area contributed by atoms with E-state index >= 15 is 0 Å². The molecule has 1 aromatic carbocycles. The Labute approximate surface area is 134 Å². The van der Waals surface area contributed by atoms with Crippen molar-refractivity contribution in [3.63, 3.8) is 0 Å². The van der Waals surface area contributed by atoms with E-state index in [0.717, 1.165) is 37.8 Å². The highest BCUT2D eigenvalue weighted by atomic mass is 16.5. The van der Waals surface area contributed by atoms with Crippen molar-refractivity contribution < 1.29 is 9.53 Å². The number of hydrogen-bond donors (Lipinski definition) is 0. The highest BCUT2D eigenvalue weighted by molar-refractivity contribution is 5.89. The summed E-state index contributed by atoms with van der Waals surface area (Å²) in [5, 5.41) is 0. The first-order valence-corrected chi connectivity index (χ1v) is 8.39. The Hall–Kier alpha value is -1.77. The van der Waals surface area contributed by atoms with Crippen molar-refractivity contribution in [1.82, 2.24) is 4.90 Å². The van der Waals surface area contributed by atoms with E-state index in [1.807, 2.05) is 13.0 Å². The SMILES string of the molecule is CCC/C(C(=O)OCC)=C1/CCCN1[C@H](C)c1ccccc1. The van der Waals surface area contributed by atoms with Gasteiger partial charge < -0.3 is 9.64 Å². The maximum atomic E-state index is 12.3. The van der Waals surface area contributed by atoms with Crippen molar-refractivity contribution >= 4 is 5.97 Å². The molecule has 1 aromatic rings. The van der Waals surface area contributed by atoms with Gasteiger partial charge in [0.1, 0.15) is 0 Å². The Morgan fingerprint density at radius 3 is 2.64 bits per heavy atom. The molecule has 1 fully saturated rings. The third-order valence-corrected chi connectivity index (χ3v) is 4.28. The van der Waals surface area contributed by atoms with E-state index in [9.17, 15) is 4.79 Å². The van der Waals surface area contributed by atoms with E-state index < -0.39 is 0 Å². The van der Waals surface area contributed by atoms with E-state index in [4.69, 9.17) is 4.74 Å². The van der Waals surface area contributed by atoms with Crippen LogP contribution in [-0.2, 0) is 9.53 Å². The van der Waals surface area contributed by atoms with Crippen molar-refractivity contribution in [2.45, 2.75) is 52.5 Å². The predicted octanol–water partition coefficient (Wildman–Crippen LogP) is 4.46. The van der Waals surface area contributed by atoms with Gasteiger partial charge in [-0.15, -0.1) is 0 Å². The van der Waals surface area contributed by atoms with E-state index in [0.29, 0.717) is 12.6 Å². The average molecular weight is 301 g/mol. The van der Waals surface area contributed by atoms with Crippen molar-refractivity contribution in [1.29, 1.82) is 0 Å². The van der Waals surface area contributed by atoms with Gasteiger partial charge >= 0.3 is 5.97 Å². The van der Waals surface area contributed by atoms with Crippen LogP contribution in [-0.4, -0.2) is 24.0 Å². The van der Waals surface area contributed by atoms with Gasteiger partial charge in [-0.05, 0) is 38.7 Å². The molecule has 0 saturated carbocycles. The lowest BCUT2D eigenvalue weighted by molar-refractivity contribution is -0.138. The largest absolute Gasteiger partial charge is 0.463 e. The molecule has 1 atom stereocenters. The maximum absolute atomic E-state index is 12.3. The van der Waals surface area contributed by atoms with Gasteiger partial charge in [0.15, 0.2) is 0 Å². The molecule has 2 rings (SSSR count). The van der Waals surface area contributed by atoms with Gasteiger partial charge in [-0.2, -0.15) is 0 Å². The van der Waals surface area contributed by atoms with Gasteiger partial charge in [-0.1, -0.05) is 43.7 Å². The minimum Gasteiger partial charge on any atom is -0.463 e. The molecule has 0 bridgehead atoms. The van der Waals surface area contributed by atoms with Gasteiger partial charge in [-0.25, -0.2) is 4.79 Å². The Morgan fingerprint density at radius 2 is 2.00 bits per heavy atom. The van der Waals surface area contributed by atoms with Crippen molar-refractivity contribution in [3.8, 4) is 0 Å². The number of rotatable bonds is 6. The fraction of sp³-hybridized carbons (Fsp3) is 0.526. The van der Waals surface area contributed by atoms with Crippen LogP contribution in [0.1, 0.15) is 58.1 Å². The average Bonchev–Trinajstić information content (AvgIpc) is 3.02. The second-order valence-corrected chi connectivity index (χ2v) is 5.78. The summed E-state index contributed by atoms with van der Waals surface area (Å²) in [5.41, 5.74) is 3.36. The van der Waals surface area contributed by atoms with Gasteiger partial charge in [0.05, 0.1) is 18.2 Å². The predicted molar refractivity (Wildman–Crippen MR) is 89.4 cm³/mol. The van der Waals surface area contributed by atoms with E-state index in [1.54, 1.807) is 0 Å². The summed E-state index contributed by atoms with van der Waals surface area (Å²) in [6, 6.07) is 10.8.